The summed E-state index contributed by atoms with van der Waals surface area (Å²) in [7, 11) is 0. The van der Waals surface area contributed by atoms with Gasteiger partial charge in [0, 0.05) is 18.8 Å². The van der Waals surface area contributed by atoms with Crippen LogP contribution >= 0.6 is 0 Å². The second kappa shape index (κ2) is 7.18. The van der Waals surface area contributed by atoms with Gasteiger partial charge in [0.25, 0.3) is 0 Å². The lowest BCUT2D eigenvalue weighted by Gasteiger charge is -2.22. The number of halogens is 1. The monoisotopic (exact) mass is 287 g/mol. The van der Waals surface area contributed by atoms with Gasteiger partial charge < -0.3 is 10.6 Å². The Hall–Kier alpha value is -1.94. The predicted molar refractivity (Wildman–Crippen MR) is 85.3 cm³/mol. The second-order valence-corrected chi connectivity index (χ2v) is 5.09. The lowest BCUT2D eigenvalue weighted by molar-refractivity contribution is 0.625. The largest absolute Gasteiger partial charge is 0.327 e. The highest BCUT2D eigenvalue weighted by molar-refractivity contribution is 5.60. The van der Waals surface area contributed by atoms with E-state index in [1.165, 1.54) is 6.07 Å². The number of hydrogen-bond donors (Lipinski definition) is 1. The molecule has 0 radical (unpaired) electrons. The maximum absolute atomic E-state index is 13.9. The van der Waals surface area contributed by atoms with Crippen LogP contribution in [0.15, 0.2) is 42.6 Å². The molecule has 112 valence electrons. The van der Waals surface area contributed by atoms with E-state index in [-0.39, 0.29) is 11.9 Å². The highest BCUT2D eigenvalue weighted by atomic mass is 19.1. The van der Waals surface area contributed by atoms with Crippen LogP contribution < -0.4 is 10.6 Å². The lowest BCUT2D eigenvalue weighted by atomic mass is 10.1. The molecule has 1 aromatic heterocycles. The summed E-state index contributed by atoms with van der Waals surface area (Å²) in [6.07, 6.45) is 3.59. The van der Waals surface area contributed by atoms with E-state index in [1.54, 1.807) is 12.1 Å². The number of nitrogens with two attached hydrogens (primary N) is 1. The lowest BCUT2D eigenvalue weighted by Crippen LogP contribution is -2.22. The highest BCUT2D eigenvalue weighted by Gasteiger charge is 2.12. The van der Waals surface area contributed by atoms with Crippen LogP contribution in [0.5, 0.6) is 0 Å². The van der Waals surface area contributed by atoms with Gasteiger partial charge in [0.05, 0.1) is 5.69 Å². The number of hydrogen-bond acceptors (Lipinski definition) is 3. The maximum atomic E-state index is 13.9. The number of pyridine rings is 1. The molecule has 0 spiro atoms. The number of aromatic nitrogens is 1. The van der Waals surface area contributed by atoms with Crippen LogP contribution in [0, 0.1) is 5.82 Å². The van der Waals surface area contributed by atoms with E-state index in [1.807, 2.05) is 36.2 Å². The summed E-state index contributed by atoms with van der Waals surface area (Å²) in [5.74, 6) is 0.509. The topological polar surface area (TPSA) is 42.1 Å². The zero-order chi connectivity index (χ0) is 15.2. The molecule has 0 bridgehead atoms. The maximum Gasteiger partial charge on any atom is 0.146 e. The fourth-order valence-corrected chi connectivity index (χ4v) is 2.27. The van der Waals surface area contributed by atoms with Crippen LogP contribution in [-0.2, 0) is 6.42 Å². The zero-order valence-electron chi connectivity index (χ0n) is 12.6. The Morgan fingerprint density at radius 1 is 1.19 bits per heavy atom. The number of para-hydroxylation sites is 1. The summed E-state index contributed by atoms with van der Waals surface area (Å²) in [6, 6.07) is 10.8. The van der Waals surface area contributed by atoms with Crippen molar-refractivity contribution < 1.29 is 4.39 Å². The molecule has 2 aromatic rings. The van der Waals surface area contributed by atoms with E-state index in [9.17, 15) is 4.39 Å². The number of rotatable bonds is 6. The molecular weight excluding hydrogens is 265 g/mol. The first-order chi connectivity index (χ1) is 10.2. The summed E-state index contributed by atoms with van der Waals surface area (Å²) in [5, 5.41) is 0. The molecule has 0 saturated carbocycles. The summed E-state index contributed by atoms with van der Waals surface area (Å²) in [6.45, 7) is 4.71. The SMILES string of the molecule is CCC(N)Cc1ccc(N(CC)c2ccccc2F)nc1. The Labute approximate surface area is 125 Å². The minimum Gasteiger partial charge on any atom is -0.327 e. The van der Waals surface area contributed by atoms with Crippen molar-refractivity contribution in [3.05, 3.63) is 54.0 Å². The van der Waals surface area contributed by atoms with Crippen LogP contribution in [0.25, 0.3) is 0 Å². The Morgan fingerprint density at radius 2 is 1.95 bits per heavy atom. The molecule has 0 aliphatic carbocycles. The molecule has 0 aliphatic heterocycles. The van der Waals surface area contributed by atoms with Gasteiger partial charge in [-0.05, 0) is 43.5 Å². The van der Waals surface area contributed by atoms with Gasteiger partial charge in [0.2, 0.25) is 0 Å². The average molecular weight is 287 g/mol. The molecular formula is C17H22FN3. The molecule has 2 rings (SSSR count). The average Bonchev–Trinajstić information content (AvgIpc) is 2.51. The van der Waals surface area contributed by atoms with Crippen molar-refractivity contribution in [2.24, 2.45) is 5.73 Å². The van der Waals surface area contributed by atoms with Crippen molar-refractivity contribution in [3.63, 3.8) is 0 Å². The van der Waals surface area contributed by atoms with Gasteiger partial charge in [0.15, 0.2) is 0 Å². The van der Waals surface area contributed by atoms with Crippen molar-refractivity contribution >= 4 is 11.5 Å². The third kappa shape index (κ3) is 3.79. The van der Waals surface area contributed by atoms with Gasteiger partial charge in [-0.15, -0.1) is 0 Å². The number of nitrogens with zero attached hydrogens (tertiary/aromatic N) is 2. The van der Waals surface area contributed by atoms with Crippen LogP contribution in [0.3, 0.4) is 0 Å². The molecule has 1 atom stereocenters. The minimum absolute atomic E-state index is 0.159. The molecule has 0 aliphatic rings. The van der Waals surface area contributed by atoms with Crippen LogP contribution in [0.2, 0.25) is 0 Å². The van der Waals surface area contributed by atoms with E-state index in [0.29, 0.717) is 12.2 Å². The van der Waals surface area contributed by atoms with Gasteiger partial charge in [-0.3, -0.25) is 0 Å². The van der Waals surface area contributed by atoms with Gasteiger partial charge in [-0.2, -0.15) is 0 Å². The van der Waals surface area contributed by atoms with E-state index < -0.39 is 0 Å². The Kier molecular flexibility index (Phi) is 5.28. The molecule has 3 nitrogen and oxygen atoms in total. The Morgan fingerprint density at radius 3 is 2.52 bits per heavy atom. The zero-order valence-corrected chi connectivity index (χ0v) is 12.6. The third-order valence-corrected chi connectivity index (χ3v) is 3.57. The Balaban J connectivity index is 2.22. The molecule has 1 heterocycles. The number of anilines is 2. The molecule has 1 unspecified atom stereocenters. The Bertz CT molecular complexity index is 569. The van der Waals surface area contributed by atoms with Crippen molar-refractivity contribution in [3.8, 4) is 0 Å². The van der Waals surface area contributed by atoms with E-state index in [4.69, 9.17) is 5.73 Å². The van der Waals surface area contributed by atoms with E-state index in [2.05, 4.69) is 11.9 Å². The molecule has 0 amide bonds. The molecule has 0 saturated heterocycles. The molecule has 1 aromatic carbocycles. The van der Waals surface area contributed by atoms with Gasteiger partial charge in [-0.1, -0.05) is 25.1 Å². The summed E-state index contributed by atoms with van der Waals surface area (Å²) >= 11 is 0. The van der Waals surface area contributed by atoms with E-state index in [0.717, 1.165) is 24.2 Å². The van der Waals surface area contributed by atoms with Crippen molar-refractivity contribution in [1.82, 2.24) is 4.98 Å². The van der Waals surface area contributed by atoms with E-state index >= 15 is 0 Å². The van der Waals surface area contributed by atoms with Crippen LogP contribution in [-0.4, -0.2) is 17.6 Å². The molecule has 0 fully saturated rings. The van der Waals surface area contributed by atoms with Gasteiger partial charge >= 0.3 is 0 Å². The van der Waals surface area contributed by atoms with Gasteiger partial charge in [-0.25, -0.2) is 9.37 Å². The predicted octanol–water partition coefficient (Wildman–Crippen LogP) is 3.66. The summed E-state index contributed by atoms with van der Waals surface area (Å²) in [5.41, 5.74) is 7.61. The standard InChI is InChI=1S/C17H22FN3/c1-3-14(19)11-13-9-10-17(20-12-13)21(4-2)16-8-6-5-7-15(16)18/h5-10,12,14H,3-4,11,19H2,1-2H3. The highest BCUT2D eigenvalue weighted by Crippen LogP contribution is 2.26. The fraction of sp³-hybridized carbons (Fsp3) is 0.353. The molecule has 2 N–H and O–H groups in total. The third-order valence-electron chi connectivity index (χ3n) is 3.57. The van der Waals surface area contributed by atoms with Crippen molar-refractivity contribution in [2.45, 2.75) is 32.7 Å². The van der Waals surface area contributed by atoms with Crippen LogP contribution in [0.1, 0.15) is 25.8 Å². The minimum atomic E-state index is -0.238. The van der Waals surface area contributed by atoms with Crippen molar-refractivity contribution in [2.75, 3.05) is 11.4 Å². The smallest absolute Gasteiger partial charge is 0.146 e. The fourth-order valence-electron chi connectivity index (χ4n) is 2.27. The normalized spacial score (nSPS) is 12.2. The van der Waals surface area contributed by atoms with Crippen LogP contribution in [0.4, 0.5) is 15.9 Å². The summed E-state index contributed by atoms with van der Waals surface area (Å²) in [4.78, 5) is 6.32. The molecule has 21 heavy (non-hydrogen) atoms. The first-order valence-corrected chi connectivity index (χ1v) is 7.38. The first kappa shape index (κ1) is 15.4. The van der Waals surface area contributed by atoms with Gasteiger partial charge in [0.1, 0.15) is 11.6 Å². The summed E-state index contributed by atoms with van der Waals surface area (Å²) < 4.78 is 13.9. The number of benzene rings is 1. The quantitative estimate of drug-likeness (QED) is 0.881. The first-order valence-electron chi connectivity index (χ1n) is 7.38. The van der Waals surface area contributed by atoms with Crippen molar-refractivity contribution in [1.29, 1.82) is 0 Å². The second-order valence-electron chi connectivity index (χ2n) is 5.09. The molecule has 4 heteroatoms.